The van der Waals surface area contributed by atoms with Gasteiger partial charge in [0.15, 0.2) is 0 Å². The van der Waals surface area contributed by atoms with Crippen LogP contribution in [0.1, 0.15) is 35.1 Å². The SMILES string of the molecule is CCc1nnsc1C(=O)N1CCCC(C(=O)OC)C1. The molecule has 0 saturated carbocycles. The number of hydrogen-bond donors (Lipinski definition) is 0. The molecule has 0 N–H and O–H groups in total. The minimum Gasteiger partial charge on any atom is -0.469 e. The van der Waals surface area contributed by atoms with Gasteiger partial charge in [-0.15, -0.1) is 5.10 Å². The number of nitrogens with zero attached hydrogens (tertiary/aromatic N) is 3. The van der Waals surface area contributed by atoms with Crippen molar-refractivity contribution in [2.24, 2.45) is 5.92 Å². The minimum absolute atomic E-state index is 0.0690. The molecule has 0 bridgehead atoms. The third kappa shape index (κ3) is 2.91. The molecular weight excluding hydrogens is 266 g/mol. The number of rotatable bonds is 3. The van der Waals surface area contributed by atoms with Gasteiger partial charge < -0.3 is 9.64 Å². The summed E-state index contributed by atoms with van der Waals surface area (Å²) in [5.74, 6) is -0.523. The van der Waals surface area contributed by atoms with Crippen LogP contribution in [0.4, 0.5) is 0 Å². The normalized spacial score (nSPS) is 19.3. The Kier molecular flexibility index (Phi) is 4.47. The number of methoxy groups -OCH3 is 1. The number of carbonyl (C=O) groups is 2. The number of hydrogen-bond acceptors (Lipinski definition) is 6. The van der Waals surface area contributed by atoms with E-state index in [0.29, 0.717) is 24.4 Å². The molecule has 7 heteroatoms. The van der Waals surface area contributed by atoms with E-state index in [9.17, 15) is 9.59 Å². The molecule has 1 aromatic rings. The second-order valence-electron chi connectivity index (χ2n) is 4.52. The van der Waals surface area contributed by atoms with Gasteiger partial charge in [0.1, 0.15) is 4.88 Å². The van der Waals surface area contributed by atoms with Crippen molar-refractivity contribution in [2.75, 3.05) is 20.2 Å². The highest BCUT2D eigenvalue weighted by molar-refractivity contribution is 7.08. The summed E-state index contributed by atoms with van der Waals surface area (Å²) in [6.45, 7) is 3.04. The number of esters is 1. The zero-order valence-electron chi connectivity index (χ0n) is 11.1. The fourth-order valence-electron chi connectivity index (χ4n) is 2.27. The van der Waals surface area contributed by atoms with Crippen LogP contribution in [-0.2, 0) is 16.0 Å². The molecule has 6 nitrogen and oxygen atoms in total. The largest absolute Gasteiger partial charge is 0.469 e. The van der Waals surface area contributed by atoms with Crippen molar-refractivity contribution in [3.8, 4) is 0 Å². The molecule has 1 unspecified atom stereocenters. The first-order chi connectivity index (χ1) is 9.17. The van der Waals surface area contributed by atoms with Gasteiger partial charge in [-0.2, -0.15) is 0 Å². The van der Waals surface area contributed by atoms with Crippen molar-refractivity contribution < 1.29 is 14.3 Å². The van der Waals surface area contributed by atoms with Gasteiger partial charge in [0.2, 0.25) is 0 Å². The maximum Gasteiger partial charge on any atom is 0.310 e. The van der Waals surface area contributed by atoms with E-state index in [4.69, 9.17) is 4.74 Å². The van der Waals surface area contributed by atoms with E-state index < -0.39 is 0 Å². The molecule has 2 heterocycles. The molecule has 0 aliphatic carbocycles. The summed E-state index contributed by atoms with van der Waals surface area (Å²) in [5.41, 5.74) is 0.732. The average molecular weight is 283 g/mol. The fraction of sp³-hybridized carbons (Fsp3) is 0.667. The van der Waals surface area contributed by atoms with E-state index in [-0.39, 0.29) is 17.8 Å². The van der Waals surface area contributed by atoms with E-state index in [1.54, 1.807) is 4.90 Å². The van der Waals surface area contributed by atoms with Crippen molar-refractivity contribution in [3.05, 3.63) is 10.6 Å². The standard InChI is InChI=1S/C12H17N3O3S/c1-3-9-10(19-14-13-9)11(16)15-6-4-5-8(7-15)12(17)18-2/h8H,3-7H2,1-2H3. The molecule has 1 aromatic heterocycles. The molecule has 1 amide bonds. The van der Waals surface area contributed by atoms with Gasteiger partial charge in [-0.1, -0.05) is 11.4 Å². The molecular formula is C12H17N3O3S. The fourth-order valence-corrected chi connectivity index (χ4v) is 2.99. The summed E-state index contributed by atoms with van der Waals surface area (Å²) in [4.78, 5) is 26.3. The van der Waals surface area contributed by atoms with E-state index >= 15 is 0 Å². The van der Waals surface area contributed by atoms with E-state index in [2.05, 4.69) is 9.59 Å². The highest BCUT2D eigenvalue weighted by Gasteiger charge is 2.31. The van der Waals surface area contributed by atoms with Crippen molar-refractivity contribution in [2.45, 2.75) is 26.2 Å². The average Bonchev–Trinajstić information content (AvgIpc) is 2.94. The van der Waals surface area contributed by atoms with Gasteiger partial charge in [0.05, 0.1) is 18.7 Å². The van der Waals surface area contributed by atoms with Crippen LogP contribution in [0, 0.1) is 5.92 Å². The van der Waals surface area contributed by atoms with Gasteiger partial charge >= 0.3 is 5.97 Å². The van der Waals surface area contributed by atoms with Crippen molar-refractivity contribution >= 4 is 23.4 Å². The topological polar surface area (TPSA) is 72.4 Å². The Morgan fingerprint density at radius 3 is 3.00 bits per heavy atom. The Morgan fingerprint density at radius 2 is 2.32 bits per heavy atom. The van der Waals surface area contributed by atoms with Crippen molar-refractivity contribution in [3.63, 3.8) is 0 Å². The van der Waals surface area contributed by atoms with Crippen LogP contribution in [0.15, 0.2) is 0 Å². The lowest BCUT2D eigenvalue weighted by Gasteiger charge is -2.31. The van der Waals surface area contributed by atoms with Gasteiger partial charge in [-0.25, -0.2) is 0 Å². The van der Waals surface area contributed by atoms with E-state index in [1.807, 2.05) is 6.92 Å². The lowest BCUT2D eigenvalue weighted by Crippen LogP contribution is -2.42. The van der Waals surface area contributed by atoms with Crippen LogP contribution >= 0.6 is 11.5 Å². The number of aryl methyl sites for hydroxylation is 1. The molecule has 104 valence electrons. The summed E-state index contributed by atoms with van der Waals surface area (Å²) < 4.78 is 8.59. The summed E-state index contributed by atoms with van der Waals surface area (Å²) in [6.07, 6.45) is 2.28. The quantitative estimate of drug-likeness (QED) is 0.777. The van der Waals surface area contributed by atoms with Gasteiger partial charge in [0, 0.05) is 13.1 Å². The molecule has 1 fully saturated rings. The van der Waals surface area contributed by atoms with Crippen LogP contribution in [0.3, 0.4) is 0 Å². The maximum absolute atomic E-state index is 12.4. The van der Waals surface area contributed by atoms with Crippen LogP contribution in [-0.4, -0.2) is 46.6 Å². The highest BCUT2D eigenvalue weighted by Crippen LogP contribution is 2.22. The third-order valence-corrected chi connectivity index (χ3v) is 4.08. The molecule has 19 heavy (non-hydrogen) atoms. The Hall–Kier alpha value is -1.50. The molecule has 1 atom stereocenters. The lowest BCUT2D eigenvalue weighted by molar-refractivity contribution is -0.146. The van der Waals surface area contributed by atoms with E-state index in [0.717, 1.165) is 30.1 Å². The first-order valence-corrected chi connectivity index (χ1v) is 7.13. The monoisotopic (exact) mass is 283 g/mol. The number of carbonyl (C=O) groups excluding carboxylic acids is 2. The first kappa shape index (κ1) is 13.9. The van der Waals surface area contributed by atoms with Gasteiger partial charge in [0.25, 0.3) is 5.91 Å². The zero-order valence-corrected chi connectivity index (χ0v) is 11.9. The second kappa shape index (κ2) is 6.10. The molecule has 0 radical (unpaired) electrons. The number of ether oxygens (including phenoxy) is 1. The van der Waals surface area contributed by atoms with Gasteiger partial charge in [-0.3, -0.25) is 9.59 Å². The van der Waals surface area contributed by atoms with Crippen LogP contribution in [0.2, 0.25) is 0 Å². The summed E-state index contributed by atoms with van der Waals surface area (Å²) in [7, 11) is 1.38. The minimum atomic E-state index is -0.240. The highest BCUT2D eigenvalue weighted by atomic mass is 32.1. The molecule has 1 aliphatic rings. The van der Waals surface area contributed by atoms with Crippen LogP contribution < -0.4 is 0 Å². The van der Waals surface area contributed by atoms with Crippen LogP contribution in [0.25, 0.3) is 0 Å². The van der Waals surface area contributed by atoms with Crippen molar-refractivity contribution in [1.82, 2.24) is 14.5 Å². The van der Waals surface area contributed by atoms with E-state index in [1.165, 1.54) is 7.11 Å². The van der Waals surface area contributed by atoms with Crippen molar-refractivity contribution in [1.29, 1.82) is 0 Å². The maximum atomic E-state index is 12.4. The molecule has 1 saturated heterocycles. The summed E-state index contributed by atoms with van der Waals surface area (Å²) >= 11 is 1.12. The third-order valence-electron chi connectivity index (χ3n) is 3.33. The zero-order chi connectivity index (χ0) is 13.8. The lowest BCUT2D eigenvalue weighted by atomic mass is 9.98. The smallest absolute Gasteiger partial charge is 0.310 e. The molecule has 0 aromatic carbocycles. The first-order valence-electron chi connectivity index (χ1n) is 6.35. The predicted molar refractivity (Wildman–Crippen MR) is 69.9 cm³/mol. The molecule has 0 spiro atoms. The summed E-state index contributed by atoms with van der Waals surface area (Å²) in [5, 5.41) is 3.95. The number of piperidine rings is 1. The molecule has 2 rings (SSSR count). The van der Waals surface area contributed by atoms with Crippen LogP contribution in [0.5, 0.6) is 0 Å². The number of likely N-dealkylation sites (tertiary alicyclic amines) is 1. The predicted octanol–water partition coefficient (Wildman–Crippen LogP) is 1.13. The Labute approximate surface area is 115 Å². The number of amides is 1. The van der Waals surface area contributed by atoms with Gasteiger partial charge in [-0.05, 0) is 30.8 Å². The number of aromatic nitrogens is 2. The Balaban J connectivity index is 2.09. The molecule has 1 aliphatic heterocycles. The Morgan fingerprint density at radius 1 is 1.53 bits per heavy atom. The Bertz CT molecular complexity index is 475. The summed E-state index contributed by atoms with van der Waals surface area (Å²) in [6, 6.07) is 0. The second-order valence-corrected chi connectivity index (χ2v) is 5.27.